The predicted octanol–water partition coefficient (Wildman–Crippen LogP) is -0.298. The lowest BCUT2D eigenvalue weighted by Gasteiger charge is -1.99. The van der Waals surface area contributed by atoms with E-state index < -0.39 is 10.0 Å². The Kier molecular flexibility index (Phi) is 4.59. The lowest BCUT2D eigenvalue weighted by Crippen LogP contribution is -2.20. The molecule has 0 saturated carbocycles. The second kappa shape index (κ2) is 4.65. The summed E-state index contributed by atoms with van der Waals surface area (Å²) in [5.74, 6) is -0.0903. The summed E-state index contributed by atoms with van der Waals surface area (Å²) in [6.45, 7) is 2.75. The molecule has 0 atom stereocenters. The van der Waals surface area contributed by atoms with Gasteiger partial charge in [-0.05, 0) is 6.42 Å². The van der Waals surface area contributed by atoms with Crippen LogP contribution in [-0.2, 0) is 14.8 Å². The van der Waals surface area contributed by atoms with E-state index in [-0.39, 0.29) is 12.4 Å². The summed E-state index contributed by atoms with van der Waals surface area (Å²) in [6.07, 6.45) is 0.893. The van der Waals surface area contributed by atoms with E-state index in [0.717, 1.165) is 6.42 Å². The maximum absolute atomic E-state index is 10.3. The van der Waals surface area contributed by atoms with Crippen LogP contribution in [0.5, 0.6) is 0 Å². The Bertz CT molecular complexity index is 164. The summed E-state index contributed by atoms with van der Waals surface area (Å²) in [6, 6.07) is 0. The Hall–Kier alpha value is -0.130. The zero-order valence-electron chi connectivity index (χ0n) is 6.04. The summed E-state index contributed by atoms with van der Waals surface area (Å²) >= 11 is 0. The summed E-state index contributed by atoms with van der Waals surface area (Å²) < 4.78 is 25.5. The van der Waals surface area contributed by atoms with E-state index in [4.69, 9.17) is 9.88 Å². The minimum Gasteiger partial charge on any atom is -0.380 e. The van der Waals surface area contributed by atoms with Crippen LogP contribution >= 0.6 is 0 Å². The van der Waals surface area contributed by atoms with E-state index in [9.17, 15) is 8.42 Å². The zero-order chi connectivity index (χ0) is 8.04. The van der Waals surface area contributed by atoms with Crippen molar-refractivity contribution < 1.29 is 13.2 Å². The number of primary sulfonamides is 1. The molecule has 5 heteroatoms. The van der Waals surface area contributed by atoms with Crippen LogP contribution in [-0.4, -0.2) is 27.4 Å². The first-order valence-electron chi connectivity index (χ1n) is 3.14. The number of rotatable bonds is 5. The first-order chi connectivity index (χ1) is 4.56. The van der Waals surface area contributed by atoms with Crippen molar-refractivity contribution in [1.82, 2.24) is 0 Å². The number of nitrogens with two attached hydrogens (primary N) is 1. The molecule has 0 aromatic rings. The molecule has 0 unspecified atom stereocenters. The molecule has 0 saturated heterocycles. The smallest absolute Gasteiger partial charge is 0.211 e. The molecule has 0 heterocycles. The third-order valence-electron chi connectivity index (χ3n) is 0.861. The van der Waals surface area contributed by atoms with Crippen molar-refractivity contribution >= 4 is 10.0 Å². The van der Waals surface area contributed by atoms with Gasteiger partial charge in [-0.25, -0.2) is 13.6 Å². The lowest BCUT2D eigenvalue weighted by atomic mass is 10.5. The SMILES string of the molecule is CCCOCCS(N)(=O)=O. The molecular formula is C5H13NO3S. The van der Waals surface area contributed by atoms with Crippen LogP contribution in [0.25, 0.3) is 0 Å². The van der Waals surface area contributed by atoms with Crippen LogP contribution in [0.4, 0.5) is 0 Å². The quantitative estimate of drug-likeness (QED) is 0.571. The normalized spacial score (nSPS) is 11.8. The fourth-order valence-electron chi connectivity index (χ4n) is 0.421. The van der Waals surface area contributed by atoms with E-state index in [1.165, 1.54) is 0 Å². The number of hydrogen-bond acceptors (Lipinski definition) is 3. The van der Waals surface area contributed by atoms with E-state index in [2.05, 4.69) is 0 Å². The van der Waals surface area contributed by atoms with Gasteiger partial charge in [0.1, 0.15) is 0 Å². The third-order valence-corrected chi connectivity index (χ3v) is 1.60. The summed E-state index contributed by atoms with van der Waals surface area (Å²) in [5, 5.41) is 4.71. The van der Waals surface area contributed by atoms with Crippen LogP contribution in [0.1, 0.15) is 13.3 Å². The number of hydrogen-bond donors (Lipinski definition) is 1. The third kappa shape index (κ3) is 7.87. The number of ether oxygens (including phenoxy) is 1. The van der Waals surface area contributed by atoms with Crippen molar-refractivity contribution in [3.63, 3.8) is 0 Å². The summed E-state index contributed by atoms with van der Waals surface area (Å²) in [4.78, 5) is 0. The van der Waals surface area contributed by atoms with E-state index in [1.54, 1.807) is 0 Å². The van der Waals surface area contributed by atoms with Gasteiger partial charge in [-0.15, -0.1) is 0 Å². The molecule has 2 N–H and O–H groups in total. The molecule has 0 amide bonds. The topological polar surface area (TPSA) is 69.4 Å². The number of sulfonamides is 1. The van der Waals surface area contributed by atoms with Gasteiger partial charge in [0.25, 0.3) is 0 Å². The lowest BCUT2D eigenvalue weighted by molar-refractivity contribution is 0.149. The Balaban J connectivity index is 3.21. The molecule has 0 aliphatic carbocycles. The zero-order valence-corrected chi connectivity index (χ0v) is 6.86. The minimum atomic E-state index is -3.33. The molecular weight excluding hydrogens is 154 g/mol. The second-order valence-electron chi connectivity index (χ2n) is 1.98. The fourth-order valence-corrected chi connectivity index (χ4v) is 0.772. The second-order valence-corrected chi connectivity index (χ2v) is 3.71. The van der Waals surface area contributed by atoms with Crippen molar-refractivity contribution in [2.45, 2.75) is 13.3 Å². The Morgan fingerprint density at radius 2 is 2.00 bits per heavy atom. The van der Waals surface area contributed by atoms with Crippen molar-refractivity contribution in [3.8, 4) is 0 Å². The monoisotopic (exact) mass is 167 g/mol. The van der Waals surface area contributed by atoms with E-state index >= 15 is 0 Å². The van der Waals surface area contributed by atoms with Crippen LogP contribution in [0.3, 0.4) is 0 Å². The van der Waals surface area contributed by atoms with Crippen LogP contribution in [0.15, 0.2) is 0 Å². The van der Waals surface area contributed by atoms with Gasteiger partial charge in [0.05, 0.1) is 12.4 Å². The van der Waals surface area contributed by atoms with Gasteiger partial charge >= 0.3 is 0 Å². The maximum Gasteiger partial charge on any atom is 0.211 e. The Labute approximate surface area is 61.4 Å². The average Bonchev–Trinajstić information content (AvgIpc) is 1.78. The van der Waals surface area contributed by atoms with Crippen molar-refractivity contribution in [2.24, 2.45) is 5.14 Å². The van der Waals surface area contributed by atoms with Gasteiger partial charge in [0.2, 0.25) is 10.0 Å². The van der Waals surface area contributed by atoms with E-state index in [1.807, 2.05) is 6.92 Å². The first kappa shape index (κ1) is 9.87. The Morgan fingerprint density at radius 3 is 2.40 bits per heavy atom. The predicted molar refractivity (Wildman–Crippen MR) is 39.1 cm³/mol. The molecule has 0 aliphatic rings. The largest absolute Gasteiger partial charge is 0.380 e. The van der Waals surface area contributed by atoms with Crippen molar-refractivity contribution in [1.29, 1.82) is 0 Å². The molecule has 0 spiro atoms. The highest BCUT2D eigenvalue weighted by Gasteiger charge is 2.00. The molecule has 0 aliphatic heterocycles. The average molecular weight is 167 g/mol. The van der Waals surface area contributed by atoms with E-state index in [0.29, 0.717) is 6.61 Å². The summed E-state index contributed by atoms with van der Waals surface area (Å²) in [7, 11) is -3.33. The van der Waals surface area contributed by atoms with Gasteiger partial charge in [-0.2, -0.15) is 0 Å². The molecule has 0 bridgehead atoms. The first-order valence-corrected chi connectivity index (χ1v) is 4.86. The van der Waals surface area contributed by atoms with Gasteiger partial charge in [0.15, 0.2) is 0 Å². The van der Waals surface area contributed by atoms with Gasteiger partial charge < -0.3 is 4.74 Å². The molecule has 0 rings (SSSR count). The minimum absolute atomic E-state index is 0.0903. The molecule has 0 aromatic heterocycles. The van der Waals surface area contributed by atoms with Crippen molar-refractivity contribution in [3.05, 3.63) is 0 Å². The maximum atomic E-state index is 10.3. The van der Waals surface area contributed by atoms with Gasteiger partial charge in [-0.1, -0.05) is 6.92 Å². The van der Waals surface area contributed by atoms with Crippen molar-refractivity contribution in [2.75, 3.05) is 19.0 Å². The molecule has 0 radical (unpaired) electrons. The summed E-state index contributed by atoms with van der Waals surface area (Å²) in [5.41, 5.74) is 0. The molecule has 62 valence electrons. The fraction of sp³-hybridized carbons (Fsp3) is 1.00. The highest BCUT2D eigenvalue weighted by atomic mass is 32.2. The molecule has 0 fully saturated rings. The Morgan fingerprint density at radius 1 is 1.40 bits per heavy atom. The molecule has 0 aromatic carbocycles. The van der Waals surface area contributed by atoms with Gasteiger partial charge in [0, 0.05) is 6.61 Å². The van der Waals surface area contributed by atoms with Crippen LogP contribution in [0.2, 0.25) is 0 Å². The van der Waals surface area contributed by atoms with Crippen LogP contribution in [0, 0.1) is 0 Å². The molecule has 4 nitrogen and oxygen atoms in total. The standard InChI is InChI=1S/C5H13NO3S/c1-2-3-9-4-5-10(6,7)8/h2-5H2,1H3,(H2,6,7,8). The molecule has 10 heavy (non-hydrogen) atoms. The highest BCUT2D eigenvalue weighted by molar-refractivity contribution is 7.89. The van der Waals surface area contributed by atoms with Crippen LogP contribution < -0.4 is 5.14 Å². The highest BCUT2D eigenvalue weighted by Crippen LogP contribution is 1.82. The van der Waals surface area contributed by atoms with Gasteiger partial charge in [-0.3, -0.25) is 0 Å².